The van der Waals surface area contributed by atoms with E-state index in [2.05, 4.69) is 0 Å². The Morgan fingerprint density at radius 2 is 1.64 bits per heavy atom. The third-order valence-corrected chi connectivity index (χ3v) is 6.98. The summed E-state index contributed by atoms with van der Waals surface area (Å²) in [7, 11) is -3.62. The average molecular weight is 401 g/mol. The van der Waals surface area contributed by atoms with Gasteiger partial charge in [-0.1, -0.05) is 48.0 Å². The predicted molar refractivity (Wildman–Crippen MR) is 110 cm³/mol. The average Bonchev–Trinajstić information content (AvgIpc) is 3.23. The van der Waals surface area contributed by atoms with Crippen molar-refractivity contribution in [1.29, 1.82) is 0 Å². The molecular formula is C22H28N2O3S. The van der Waals surface area contributed by atoms with E-state index in [0.29, 0.717) is 30.8 Å². The third-order valence-electron chi connectivity index (χ3n) is 5.12. The highest BCUT2D eigenvalue weighted by atomic mass is 32.2. The van der Waals surface area contributed by atoms with Crippen molar-refractivity contribution < 1.29 is 13.2 Å². The molecule has 0 spiro atoms. The van der Waals surface area contributed by atoms with Crippen molar-refractivity contribution >= 4 is 15.9 Å². The Morgan fingerprint density at radius 3 is 2.29 bits per heavy atom. The van der Waals surface area contributed by atoms with Crippen molar-refractivity contribution in [1.82, 2.24) is 9.21 Å². The lowest BCUT2D eigenvalue weighted by atomic mass is 10.2. The van der Waals surface area contributed by atoms with Gasteiger partial charge in [0.15, 0.2) is 0 Å². The number of rotatable bonds is 8. The summed E-state index contributed by atoms with van der Waals surface area (Å²) in [5.41, 5.74) is 1.95. The lowest BCUT2D eigenvalue weighted by Gasteiger charge is -2.23. The van der Waals surface area contributed by atoms with Crippen LogP contribution in [0.4, 0.5) is 0 Å². The Balaban J connectivity index is 1.72. The van der Waals surface area contributed by atoms with E-state index >= 15 is 0 Å². The molecule has 0 N–H and O–H groups in total. The molecule has 1 fully saturated rings. The van der Waals surface area contributed by atoms with Gasteiger partial charge >= 0.3 is 0 Å². The van der Waals surface area contributed by atoms with Crippen molar-refractivity contribution in [2.75, 3.05) is 19.6 Å². The summed E-state index contributed by atoms with van der Waals surface area (Å²) in [5, 5.41) is 0. The molecule has 0 atom stereocenters. The third kappa shape index (κ3) is 5.20. The summed E-state index contributed by atoms with van der Waals surface area (Å²) in [5.74, 6) is 0.130. The number of hydrogen-bond acceptors (Lipinski definition) is 3. The minimum absolute atomic E-state index is 0.130. The number of sulfonamides is 1. The van der Waals surface area contributed by atoms with Gasteiger partial charge in [-0.3, -0.25) is 4.79 Å². The summed E-state index contributed by atoms with van der Waals surface area (Å²) in [4.78, 5) is 14.5. The van der Waals surface area contributed by atoms with E-state index in [0.717, 1.165) is 37.1 Å². The van der Waals surface area contributed by atoms with Gasteiger partial charge in [0, 0.05) is 32.6 Å². The first-order chi connectivity index (χ1) is 13.5. The van der Waals surface area contributed by atoms with Gasteiger partial charge in [0.25, 0.3) is 0 Å². The number of carbonyl (C=O) groups excluding carboxylic acids is 1. The molecule has 0 aliphatic carbocycles. The maximum Gasteiger partial charge on any atom is 0.243 e. The molecule has 5 nitrogen and oxygen atoms in total. The highest BCUT2D eigenvalue weighted by Crippen LogP contribution is 2.20. The van der Waals surface area contributed by atoms with Crippen molar-refractivity contribution in [3.8, 4) is 0 Å². The predicted octanol–water partition coefficient (Wildman–Crippen LogP) is 3.59. The first-order valence-corrected chi connectivity index (χ1v) is 11.3. The van der Waals surface area contributed by atoms with Gasteiger partial charge in [0.05, 0.1) is 4.90 Å². The molecule has 0 aromatic heterocycles. The van der Waals surface area contributed by atoms with Gasteiger partial charge in [0.2, 0.25) is 15.9 Å². The first-order valence-electron chi connectivity index (χ1n) is 9.85. The van der Waals surface area contributed by atoms with Crippen molar-refractivity contribution in [3.63, 3.8) is 0 Å². The summed E-state index contributed by atoms with van der Waals surface area (Å²) in [6, 6.07) is 16.5. The quantitative estimate of drug-likeness (QED) is 0.680. The topological polar surface area (TPSA) is 57.7 Å². The van der Waals surface area contributed by atoms with Gasteiger partial charge < -0.3 is 4.90 Å². The van der Waals surface area contributed by atoms with Crippen LogP contribution in [-0.4, -0.2) is 43.2 Å². The van der Waals surface area contributed by atoms with E-state index in [1.54, 1.807) is 12.1 Å². The molecule has 2 aromatic rings. The molecule has 2 aromatic carbocycles. The fourth-order valence-corrected chi connectivity index (χ4v) is 4.93. The van der Waals surface area contributed by atoms with Crippen LogP contribution in [0.25, 0.3) is 0 Å². The van der Waals surface area contributed by atoms with E-state index in [4.69, 9.17) is 0 Å². The molecule has 1 heterocycles. The monoisotopic (exact) mass is 400 g/mol. The Bertz CT molecular complexity index is 874. The zero-order valence-electron chi connectivity index (χ0n) is 16.4. The fraction of sp³-hybridized carbons (Fsp3) is 0.409. The zero-order valence-corrected chi connectivity index (χ0v) is 17.2. The van der Waals surface area contributed by atoms with Crippen molar-refractivity contribution in [3.05, 3.63) is 65.7 Å². The molecule has 6 heteroatoms. The molecule has 1 aliphatic heterocycles. The van der Waals surface area contributed by atoms with Crippen LogP contribution in [0.3, 0.4) is 0 Å². The molecule has 3 rings (SSSR count). The van der Waals surface area contributed by atoms with Crippen LogP contribution in [0.2, 0.25) is 0 Å². The van der Waals surface area contributed by atoms with E-state index in [1.807, 2.05) is 54.3 Å². The largest absolute Gasteiger partial charge is 0.343 e. The van der Waals surface area contributed by atoms with E-state index in [-0.39, 0.29) is 5.91 Å². The van der Waals surface area contributed by atoms with E-state index in [1.165, 1.54) is 4.31 Å². The minimum Gasteiger partial charge on any atom is -0.343 e. The van der Waals surface area contributed by atoms with E-state index in [9.17, 15) is 13.2 Å². The van der Waals surface area contributed by atoms with Crippen molar-refractivity contribution in [2.45, 2.75) is 44.0 Å². The van der Waals surface area contributed by atoms with Crippen LogP contribution in [0.1, 0.15) is 36.8 Å². The SMILES string of the molecule is Cc1ccc(S(=O)(=O)N(CCCC(=O)N2CCCC2)Cc2ccccc2)cc1. The number of amides is 1. The van der Waals surface area contributed by atoms with Gasteiger partial charge in [-0.05, 0) is 43.9 Å². The Morgan fingerprint density at radius 1 is 1.00 bits per heavy atom. The Hall–Kier alpha value is -2.18. The number of nitrogens with zero attached hydrogens (tertiary/aromatic N) is 2. The van der Waals surface area contributed by atoms with Gasteiger partial charge in [-0.2, -0.15) is 4.31 Å². The lowest BCUT2D eigenvalue weighted by Crippen LogP contribution is -2.33. The molecule has 0 radical (unpaired) electrons. The number of aryl methyl sites for hydroxylation is 1. The standard InChI is InChI=1S/C22H28N2O3S/c1-19-11-13-21(14-12-19)28(26,27)24(18-20-8-3-2-4-9-20)17-7-10-22(25)23-15-5-6-16-23/h2-4,8-9,11-14H,5-7,10,15-18H2,1H3. The van der Waals surface area contributed by atoms with E-state index < -0.39 is 10.0 Å². The fourth-order valence-electron chi connectivity index (χ4n) is 3.46. The number of likely N-dealkylation sites (tertiary alicyclic amines) is 1. The van der Waals surface area contributed by atoms with Gasteiger partial charge in [0.1, 0.15) is 0 Å². The molecule has 0 saturated carbocycles. The van der Waals surface area contributed by atoms with Crippen LogP contribution >= 0.6 is 0 Å². The second kappa shape index (κ2) is 9.34. The van der Waals surface area contributed by atoms with Gasteiger partial charge in [-0.25, -0.2) is 8.42 Å². The second-order valence-electron chi connectivity index (χ2n) is 7.33. The maximum absolute atomic E-state index is 13.2. The smallest absolute Gasteiger partial charge is 0.243 e. The number of carbonyl (C=O) groups is 1. The number of benzene rings is 2. The van der Waals surface area contributed by atoms with Crippen LogP contribution in [0.5, 0.6) is 0 Å². The highest BCUT2D eigenvalue weighted by molar-refractivity contribution is 7.89. The summed E-state index contributed by atoms with van der Waals surface area (Å²) in [6.07, 6.45) is 3.03. The molecule has 1 saturated heterocycles. The minimum atomic E-state index is -3.62. The summed E-state index contributed by atoms with van der Waals surface area (Å²) in [6.45, 7) is 4.21. The molecule has 0 unspecified atom stereocenters. The van der Waals surface area contributed by atoms with Crippen LogP contribution in [0.15, 0.2) is 59.5 Å². The molecule has 150 valence electrons. The maximum atomic E-state index is 13.2. The molecule has 28 heavy (non-hydrogen) atoms. The Kier molecular flexibility index (Phi) is 6.86. The van der Waals surface area contributed by atoms with Gasteiger partial charge in [-0.15, -0.1) is 0 Å². The van der Waals surface area contributed by atoms with Crippen LogP contribution in [0, 0.1) is 6.92 Å². The molecule has 1 amide bonds. The van der Waals surface area contributed by atoms with Crippen molar-refractivity contribution in [2.24, 2.45) is 0 Å². The van der Waals surface area contributed by atoms with Crippen LogP contribution < -0.4 is 0 Å². The summed E-state index contributed by atoms with van der Waals surface area (Å²) >= 11 is 0. The lowest BCUT2D eigenvalue weighted by molar-refractivity contribution is -0.130. The first kappa shape index (κ1) is 20.6. The zero-order chi connectivity index (χ0) is 20.0. The second-order valence-corrected chi connectivity index (χ2v) is 9.27. The summed E-state index contributed by atoms with van der Waals surface area (Å²) < 4.78 is 27.9. The molecular weight excluding hydrogens is 372 g/mol. The molecule has 0 bridgehead atoms. The Labute approximate surface area is 168 Å². The number of hydrogen-bond donors (Lipinski definition) is 0. The normalized spacial score (nSPS) is 14.6. The van der Waals surface area contributed by atoms with Crippen LogP contribution in [-0.2, 0) is 21.4 Å². The highest BCUT2D eigenvalue weighted by Gasteiger charge is 2.25. The molecule has 1 aliphatic rings.